The summed E-state index contributed by atoms with van der Waals surface area (Å²) in [7, 11) is 1.35. The van der Waals surface area contributed by atoms with Gasteiger partial charge in [0.15, 0.2) is 0 Å². The van der Waals surface area contributed by atoms with Crippen molar-refractivity contribution in [2.24, 2.45) is 0 Å². The van der Waals surface area contributed by atoms with E-state index in [1.807, 2.05) is 46.8 Å². The van der Waals surface area contributed by atoms with Gasteiger partial charge in [0.2, 0.25) is 6.41 Å². The third-order valence-corrected chi connectivity index (χ3v) is 4.97. The molecule has 2 aromatic carbocycles. The number of hydrogen-bond donors (Lipinski definition) is 2. The molecule has 2 N–H and O–H groups in total. The lowest BCUT2D eigenvalue weighted by molar-refractivity contribution is -0.110. The number of benzene rings is 2. The number of ether oxygens (including phenoxy) is 2. The van der Waals surface area contributed by atoms with Crippen molar-refractivity contribution in [1.29, 1.82) is 0 Å². The van der Waals surface area contributed by atoms with E-state index in [9.17, 15) is 14.4 Å². The van der Waals surface area contributed by atoms with Crippen molar-refractivity contribution < 1.29 is 23.9 Å². The largest absolute Gasteiger partial charge is 0.465 e. The number of amides is 2. The quantitative estimate of drug-likeness (QED) is 0.339. The molecule has 0 saturated carbocycles. The standard InChI is InChI=1S/C13H17Cl2NO2.C12H15NO3/c1-8(16-12(17)18-13(2,3)4)9-5-10(14)7-11(15)6-9;1-3-11(13-8-14)9-4-6-10(7-5-9)12(15)16-2/h5-8H,1-4H3,(H,16,17);4-8,11H,3H2,1-2H3,(H,13,14). The van der Waals surface area contributed by atoms with E-state index in [0.29, 0.717) is 22.0 Å². The van der Waals surface area contributed by atoms with E-state index in [4.69, 9.17) is 27.9 Å². The maximum absolute atomic E-state index is 11.6. The third kappa shape index (κ3) is 10.4. The third-order valence-electron chi connectivity index (χ3n) is 4.53. The number of nitrogens with one attached hydrogen (secondary N) is 2. The van der Waals surface area contributed by atoms with Gasteiger partial charge in [-0.05, 0) is 75.6 Å². The van der Waals surface area contributed by atoms with Crippen molar-refractivity contribution in [3.8, 4) is 0 Å². The second kappa shape index (κ2) is 13.8. The van der Waals surface area contributed by atoms with Crippen molar-refractivity contribution in [1.82, 2.24) is 10.6 Å². The molecular weight excluding hydrogens is 479 g/mol. The minimum atomic E-state index is -0.518. The number of hydrogen-bond acceptors (Lipinski definition) is 5. The summed E-state index contributed by atoms with van der Waals surface area (Å²) in [4.78, 5) is 33.2. The highest BCUT2D eigenvalue weighted by atomic mass is 35.5. The first kappa shape index (κ1) is 29.3. The number of alkyl carbamates (subject to hydrolysis) is 1. The highest BCUT2D eigenvalue weighted by molar-refractivity contribution is 6.34. The smallest absolute Gasteiger partial charge is 0.408 e. The summed E-state index contributed by atoms with van der Waals surface area (Å²) in [5, 5.41) is 6.52. The number of esters is 1. The van der Waals surface area contributed by atoms with Crippen LogP contribution in [0.2, 0.25) is 10.0 Å². The summed E-state index contributed by atoms with van der Waals surface area (Å²) in [5.41, 5.74) is 1.79. The maximum Gasteiger partial charge on any atom is 0.408 e. The van der Waals surface area contributed by atoms with Gasteiger partial charge in [-0.2, -0.15) is 0 Å². The Morgan fingerprint density at radius 2 is 1.59 bits per heavy atom. The summed E-state index contributed by atoms with van der Waals surface area (Å²) in [6.07, 6.45) is 1.02. The van der Waals surface area contributed by atoms with E-state index in [-0.39, 0.29) is 18.1 Å². The molecule has 186 valence electrons. The van der Waals surface area contributed by atoms with Crippen molar-refractivity contribution in [3.63, 3.8) is 0 Å². The Kier molecular flexibility index (Phi) is 11.9. The van der Waals surface area contributed by atoms with Crippen LogP contribution in [0.5, 0.6) is 0 Å². The van der Waals surface area contributed by atoms with Crippen LogP contribution in [-0.4, -0.2) is 31.2 Å². The second-order valence-electron chi connectivity index (χ2n) is 8.43. The summed E-state index contributed by atoms with van der Waals surface area (Å²) in [5.74, 6) is -0.358. The van der Waals surface area contributed by atoms with Crippen molar-refractivity contribution >= 4 is 41.7 Å². The molecule has 0 radical (unpaired) electrons. The Bertz CT molecular complexity index is 939. The van der Waals surface area contributed by atoms with Crippen LogP contribution in [0, 0.1) is 0 Å². The van der Waals surface area contributed by atoms with E-state index in [2.05, 4.69) is 15.4 Å². The van der Waals surface area contributed by atoms with E-state index in [1.165, 1.54) is 7.11 Å². The lowest BCUT2D eigenvalue weighted by atomic mass is 10.0. The molecule has 0 aliphatic heterocycles. The number of rotatable bonds is 7. The number of methoxy groups -OCH3 is 1. The van der Waals surface area contributed by atoms with Crippen LogP contribution in [0.1, 0.15) is 74.6 Å². The molecule has 0 spiro atoms. The molecule has 34 heavy (non-hydrogen) atoms. The minimum Gasteiger partial charge on any atom is -0.465 e. The summed E-state index contributed by atoms with van der Waals surface area (Å²) in [6.45, 7) is 9.26. The van der Waals surface area contributed by atoms with E-state index >= 15 is 0 Å². The summed E-state index contributed by atoms with van der Waals surface area (Å²) >= 11 is 11.8. The van der Waals surface area contributed by atoms with Gasteiger partial charge in [0.1, 0.15) is 5.60 Å². The molecule has 0 heterocycles. The van der Waals surface area contributed by atoms with E-state index in [0.717, 1.165) is 17.5 Å². The Morgan fingerprint density at radius 1 is 1.03 bits per heavy atom. The fourth-order valence-electron chi connectivity index (χ4n) is 2.89. The summed E-state index contributed by atoms with van der Waals surface area (Å²) < 4.78 is 9.77. The number of carbonyl (C=O) groups excluding carboxylic acids is 3. The highest BCUT2D eigenvalue weighted by Crippen LogP contribution is 2.23. The van der Waals surface area contributed by atoms with Gasteiger partial charge >= 0.3 is 12.1 Å². The molecule has 7 nitrogen and oxygen atoms in total. The molecule has 0 aliphatic rings. The average molecular weight is 511 g/mol. The molecule has 0 aromatic heterocycles. The second-order valence-corrected chi connectivity index (χ2v) is 9.30. The predicted octanol–water partition coefficient (Wildman–Crippen LogP) is 6.25. The van der Waals surface area contributed by atoms with Gasteiger partial charge in [0, 0.05) is 10.0 Å². The molecule has 2 unspecified atom stereocenters. The number of halogens is 2. The van der Waals surface area contributed by atoms with Crippen LogP contribution < -0.4 is 10.6 Å². The lowest BCUT2D eigenvalue weighted by Gasteiger charge is -2.22. The van der Waals surface area contributed by atoms with Gasteiger partial charge in [-0.3, -0.25) is 4.79 Å². The maximum atomic E-state index is 11.6. The van der Waals surface area contributed by atoms with E-state index in [1.54, 1.807) is 30.3 Å². The average Bonchev–Trinajstić information content (AvgIpc) is 2.75. The van der Waals surface area contributed by atoms with Gasteiger partial charge < -0.3 is 20.1 Å². The lowest BCUT2D eigenvalue weighted by Crippen LogP contribution is -2.34. The first-order chi connectivity index (χ1) is 15.9. The Hall–Kier alpha value is -2.77. The van der Waals surface area contributed by atoms with Crippen LogP contribution in [0.25, 0.3) is 0 Å². The Morgan fingerprint density at radius 3 is 2.03 bits per heavy atom. The zero-order valence-electron chi connectivity index (χ0n) is 20.3. The van der Waals surface area contributed by atoms with Gasteiger partial charge in [-0.25, -0.2) is 9.59 Å². The Balaban J connectivity index is 0.000000342. The molecule has 0 aliphatic carbocycles. The molecule has 2 atom stereocenters. The monoisotopic (exact) mass is 510 g/mol. The minimum absolute atomic E-state index is 0.0100. The molecule has 0 saturated heterocycles. The van der Waals surface area contributed by atoms with Crippen LogP contribution in [0.4, 0.5) is 4.79 Å². The molecule has 2 amide bonds. The predicted molar refractivity (Wildman–Crippen MR) is 134 cm³/mol. The molecule has 2 rings (SSSR count). The van der Waals surface area contributed by atoms with Gasteiger partial charge in [-0.1, -0.05) is 42.3 Å². The molecule has 0 fully saturated rings. The zero-order chi connectivity index (χ0) is 25.9. The topological polar surface area (TPSA) is 93.7 Å². The van der Waals surface area contributed by atoms with Gasteiger partial charge in [-0.15, -0.1) is 0 Å². The molecule has 9 heteroatoms. The summed E-state index contributed by atoms with van der Waals surface area (Å²) in [6, 6.07) is 11.9. The first-order valence-corrected chi connectivity index (χ1v) is 11.5. The fourth-order valence-corrected chi connectivity index (χ4v) is 3.44. The van der Waals surface area contributed by atoms with Gasteiger partial charge in [0.05, 0.1) is 24.8 Å². The Labute approximate surface area is 211 Å². The molecule has 0 bridgehead atoms. The van der Waals surface area contributed by atoms with Crippen LogP contribution in [-0.2, 0) is 14.3 Å². The van der Waals surface area contributed by atoms with Crippen LogP contribution in [0.3, 0.4) is 0 Å². The molecule has 2 aromatic rings. The van der Waals surface area contributed by atoms with E-state index < -0.39 is 11.7 Å². The van der Waals surface area contributed by atoms with Crippen molar-refractivity contribution in [2.45, 2.75) is 58.7 Å². The highest BCUT2D eigenvalue weighted by Gasteiger charge is 2.18. The van der Waals surface area contributed by atoms with Crippen LogP contribution >= 0.6 is 23.2 Å². The zero-order valence-corrected chi connectivity index (χ0v) is 21.8. The normalized spacial score (nSPS) is 12.4. The number of carbonyl (C=O) groups is 3. The van der Waals surface area contributed by atoms with Crippen molar-refractivity contribution in [2.75, 3.05) is 7.11 Å². The molecular formula is C25H32Cl2N2O5. The van der Waals surface area contributed by atoms with Crippen molar-refractivity contribution in [3.05, 3.63) is 69.2 Å². The SMILES string of the molecule is CC(NC(=O)OC(C)(C)C)c1cc(Cl)cc(Cl)c1.CCC(NC=O)c1ccc(C(=O)OC)cc1. The fraction of sp³-hybridized carbons (Fsp3) is 0.400. The van der Waals surface area contributed by atoms with Gasteiger partial charge in [0.25, 0.3) is 0 Å². The first-order valence-electron chi connectivity index (χ1n) is 10.7. The van der Waals surface area contributed by atoms with Crippen LogP contribution in [0.15, 0.2) is 42.5 Å².